The Balaban J connectivity index is 2.17. The number of hydrogen-bond donors (Lipinski definition) is 1. The van der Waals surface area contributed by atoms with E-state index >= 15 is 0 Å². The van der Waals surface area contributed by atoms with Crippen molar-refractivity contribution in [2.75, 3.05) is 19.6 Å². The molecule has 1 aliphatic rings. The summed E-state index contributed by atoms with van der Waals surface area (Å²) < 4.78 is 0. The summed E-state index contributed by atoms with van der Waals surface area (Å²) in [6.07, 6.45) is 0.944. The predicted octanol–water partition coefficient (Wildman–Crippen LogP) is 1.96. The molecule has 2 N–H and O–H groups in total. The molecule has 6 heteroatoms. The average Bonchev–Trinajstić information content (AvgIpc) is 2.46. The number of hydrogen-bond acceptors (Lipinski definition) is 4. The fourth-order valence-electron chi connectivity index (χ4n) is 2.82. The number of nitrogens with two attached hydrogens (primary N) is 1. The lowest BCUT2D eigenvalue weighted by atomic mass is 9.87. The van der Waals surface area contributed by atoms with E-state index in [0.29, 0.717) is 42.6 Å². The smallest absolute Gasteiger partial charge is 0.272 e. The van der Waals surface area contributed by atoms with Crippen LogP contribution >= 0.6 is 0 Å². The van der Waals surface area contributed by atoms with Gasteiger partial charge in [0, 0.05) is 30.3 Å². The molecule has 0 spiro atoms. The molecule has 1 saturated heterocycles. The van der Waals surface area contributed by atoms with Gasteiger partial charge in [-0.1, -0.05) is 6.92 Å². The maximum absolute atomic E-state index is 12.5. The lowest BCUT2D eigenvalue weighted by Gasteiger charge is -2.36. The quantitative estimate of drug-likeness (QED) is 0.681. The number of likely N-dealkylation sites (tertiary alicyclic amines) is 1. The molecular weight excluding hydrogens is 270 g/mol. The molecule has 2 unspecified atom stereocenters. The predicted molar refractivity (Wildman–Crippen MR) is 80.1 cm³/mol. The van der Waals surface area contributed by atoms with Gasteiger partial charge in [0.25, 0.3) is 11.6 Å². The van der Waals surface area contributed by atoms with Crippen LogP contribution < -0.4 is 5.73 Å². The van der Waals surface area contributed by atoms with Crippen LogP contribution in [0.4, 0.5) is 5.69 Å². The monoisotopic (exact) mass is 291 g/mol. The highest BCUT2D eigenvalue weighted by Crippen LogP contribution is 2.25. The van der Waals surface area contributed by atoms with Crippen LogP contribution in [0.2, 0.25) is 0 Å². The zero-order valence-corrected chi connectivity index (χ0v) is 12.4. The molecule has 0 aliphatic carbocycles. The Morgan fingerprint density at radius 3 is 2.81 bits per heavy atom. The summed E-state index contributed by atoms with van der Waals surface area (Å²) in [4.78, 5) is 24.7. The summed E-state index contributed by atoms with van der Waals surface area (Å²) in [7, 11) is 0. The highest BCUT2D eigenvalue weighted by Gasteiger charge is 2.28. The lowest BCUT2D eigenvalue weighted by Crippen LogP contribution is -2.45. The highest BCUT2D eigenvalue weighted by atomic mass is 16.6. The number of rotatable bonds is 3. The van der Waals surface area contributed by atoms with Crippen LogP contribution in [0, 0.1) is 28.9 Å². The molecule has 2 rings (SSSR count). The van der Waals surface area contributed by atoms with Crippen molar-refractivity contribution in [3.8, 4) is 0 Å². The van der Waals surface area contributed by atoms with Crippen LogP contribution in [0.5, 0.6) is 0 Å². The molecule has 21 heavy (non-hydrogen) atoms. The Bertz CT molecular complexity index is 559. The summed E-state index contributed by atoms with van der Waals surface area (Å²) >= 11 is 0. The third-order valence-corrected chi connectivity index (χ3v) is 4.34. The second-order valence-electron chi connectivity index (χ2n) is 5.77. The normalized spacial score (nSPS) is 22.1. The van der Waals surface area contributed by atoms with E-state index in [0.717, 1.165) is 6.42 Å². The summed E-state index contributed by atoms with van der Waals surface area (Å²) in [6, 6.07) is 4.52. The van der Waals surface area contributed by atoms with E-state index in [1.54, 1.807) is 17.9 Å². The van der Waals surface area contributed by atoms with Gasteiger partial charge < -0.3 is 10.6 Å². The summed E-state index contributed by atoms with van der Waals surface area (Å²) in [5.74, 6) is 0.776. The minimum absolute atomic E-state index is 0.0404. The molecule has 2 atom stereocenters. The number of carbonyl (C=O) groups is 1. The summed E-state index contributed by atoms with van der Waals surface area (Å²) in [5.41, 5.74) is 6.81. The first-order valence-electron chi connectivity index (χ1n) is 7.18. The third kappa shape index (κ3) is 3.21. The largest absolute Gasteiger partial charge is 0.338 e. The molecule has 1 amide bonds. The molecular formula is C15H21N3O3. The Morgan fingerprint density at radius 1 is 1.52 bits per heavy atom. The van der Waals surface area contributed by atoms with E-state index in [1.807, 2.05) is 0 Å². The van der Waals surface area contributed by atoms with Gasteiger partial charge in [0.15, 0.2) is 0 Å². The van der Waals surface area contributed by atoms with Crippen molar-refractivity contribution >= 4 is 11.6 Å². The second kappa shape index (κ2) is 6.22. The number of aryl methyl sites for hydroxylation is 1. The van der Waals surface area contributed by atoms with Crippen molar-refractivity contribution in [2.24, 2.45) is 17.6 Å². The average molecular weight is 291 g/mol. The summed E-state index contributed by atoms with van der Waals surface area (Å²) in [5, 5.41) is 10.8. The molecule has 1 aromatic rings. The number of amides is 1. The topological polar surface area (TPSA) is 89.5 Å². The Kier molecular flexibility index (Phi) is 4.57. The van der Waals surface area contributed by atoms with Crippen LogP contribution in [0.25, 0.3) is 0 Å². The van der Waals surface area contributed by atoms with Crippen LogP contribution in [-0.2, 0) is 0 Å². The van der Waals surface area contributed by atoms with Gasteiger partial charge in [0.2, 0.25) is 0 Å². The van der Waals surface area contributed by atoms with Crippen LogP contribution in [0.3, 0.4) is 0 Å². The molecule has 114 valence electrons. The van der Waals surface area contributed by atoms with Crippen molar-refractivity contribution in [3.63, 3.8) is 0 Å². The molecule has 6 nitrogen and oxygen atoms in total. The SMILES string of the molecule is Cc1cc(C(=O)N2CCC(C)C(CN)C2)ccc1[N+](=O)[O-]. The van der Waals surface area contributed by atoms with Gasteiger partial charge in [-0.25, -0.2) is 0 Å². The van der Waals surface area contributed by atoms with Gasteiger partial charge in [-0.05, 0) is 43.9 Å². The van der Waals surface area contributed by atoms with Gasteiger partial charge in [0.05, 0.1) is 4.92 Å². The molecule has 0 aromatic heterocycles. The Morgan fingerprint density at radius 2 is 2.24 bits per heavy atom. The van der Waals surface area contributed by atoms with Crippen molar-refractivity contribution in [3.05, 3.63) is 39.4 Å². The maximum Gasteiger partial charge on any atom is 0.272 e. The van der Waals surface area contributed by atoms with Crippen molar-refractivity contribution in [2.45, 2.75) is 20.3 Å². The number of piperidine rings is 1. The van der Waals surface area contributed by atoms with Gasteiger partial charge in [0.1, 0.15) is 0 Å². The minimum atomic E-state index is -0.434. The molecule has 1 aromatic carbocycles. The van der Waals surface area contributed by atoms with Crippen molar-refractivity contribution in [1.82, 2.24) is 4.90 Å². The van der Waals surface area contributed by atoms with Gasteiger partial charge >= 0.3 is 0 Å². The van der Waals surface area contributed by atoms with Crippen LogP contribution in [-0.4, -0.2) is 35.4 Å². The molecule has 1 fully saturated rings. The Labute approximate surface area is 124 Å². The van der Waals surface area contributed by atoms with E-state index in [2.05, 4.69) is 6.92 Å². The summed E-state index contributed by atoms with van der Waals surface area (Å²) in [6.45, 7) is 5.76. The second-order valence-corrected chi connectivity index (χ2v) is 5.77. The van der Waals surface area contributed by atoms with E-state index in [-0.39, 0.29) is 11.6 Å². The first-order chi connectivity index (χ1) is 9.93. The zero-order chi connectivity index (χ0) is 15.6. The van der Waals surface area contributed by atoms with E-state index < -0.39 is 4.92 Å². The van der Waals surface area contributed by atoms with E-state index in [1.165, 1.54) is 12.1 Å². The molecule has 0 saturated carbocycles. The zero-order valence-electron chi connectivity index (χ0n) is 12.4. The van der Waals surface area contributed by atoms with Gasteiger partial charge in [-0.2, -0.15) is 0 Å². The number of nitro benzene ring substituents is 1. The highest BCUT2D eigenvalue weighted by molar-refractivity contribution is 5.94. The first kappa shape index (κ1) is 15.4. The number of nitro groups is 1. The minimum Gasteiger partial charge on any atom is -0.338 e. The number of nitrogens with zero attached hydrogens (tertiary/aromatic N) is 2. The van der Waals surface area contributed by atoms with Gasteiger partial charge in [-0.15, -0.1) is 0 Å². The Hall–Kier alpha value is -1.95. The lowest BCUT2D eigenvalue weighted by molar-refractivity contribution is -0.385. The van der Waals surface area contributed by atoms with Crippen LogP contribution in [0.15, 0.2) is 18.2 Å². The maximum atomic E-state index is 12.5. The fourth-order valence-corrected chi connectivity index (χ4v) is 2.82. The molecule has 0 radical (unpaired) electrons. The molecule has 0 bridgehead atoms. The molecule has 1 heterocycles. The van der Waals surface area contributed by atoms with Gasteiger partial charge in [-0.3, -0.25) is 14.9 Å². The number of benzene rings is 1. The van der Waals surface area contributed by atoms with Crippen LogP contribution in [0.1, 0.15) is 29.3 Å². The third-order valence-electron chi connectivity index (χ3n) is 4.34. The first-order valence-corrected chi connectivity index (χ1v) is 7.18. The van der Waals surface area contributed by atoms with E-state index in [4.69, 9.17) is 5.73 Å². The van der Waals surface area contributed by atoms with Crippen molar-refractivity contribution < 1.29 is 9.72 Å². The molecule has 1 aliphatic heterocycles. The number of carbonyl (C=O) groups excluding carboxylic acids is 1. The van der Waals surface area contributed by atoms with Crippen molar-refractivity contribution in [1.29, 1.82) is 0 Å². The fraction of sp³-hybridized carbons (Fsp3) is 0.533. The standard InChI is InChI=1S/C15H21N3O3/c1-10-5-6-17(9-13(10)8-16)15(19)12-3-4-14(18(20)21)11(2)7-12/h3-4,7,10,13H,5-6,8-9,16H2,1-2H3. The van der Waals surface area contributed by atoms with E-state index in [9.17, 15) is 14.9 Å².